The van der Waals surface area contributed by atoms with E-state index in [4.69, 9.17) is 5.73 Å². The minimum absolute atomic E-state index is 0.184. The Bertz CT molecular complexity index is 595. The Morgan fingerprint density at radius 1 is 1.16 bits per heavy atom. The first-order chi connectivity index (χ1) is 8.97. The summed E-state index contributed by atoms with van der Waals surface area (Å²) in [7, 11) is 0. The molecule has 0 saturated carbocycles. The first kappa shape index (κ1) is 14.2. The van der Waals surface area contributed by atoms with E-state index in [1.165, 1.54) is 11.6 Å². The van der Waals surface area contributed by atoms with Crippen LogP contribution < -0.4 is 5.73 Å². The van der Waals surface area contributed by atoms with Crippen molar-refractivity contribution >= 4 is 15.9 Å². The summed E-state index contributed by atoms with van der Waals surface area (Å²) < 4.78 is 14.5. The van der Waals surface area contributed by atoms with Crippen LogP contribution in [0.25, 0.3) is 0 Å². The second-order valence-corrected chi connectivity index (χ2v) is 5.82. The Kier molecular flexibility index (Phi) is 4.38. The molecule has 2 aromatic carbocycles. The van der Waals surface area contributed by atoms with Crippen LogP contribution in [0.2, 0.25) is 0 Å². The Morgan fingerprint density at radius 2 is 1.89 bits per heavy atom. The van der Waals surface area contributed by atoms with Gasteiger partial charge in [-0.1, -0.05) is 45.8 Å². The van der Waals surface area contributed by atoms with E-state index in [0.29, 0.717) is 12.0 Å². The van der Waals surface area contributed by atoms with Gasteiger partial charge in [0.05, 0.1) is 0 Å². The fourth-order valence-corrected chi connectivity index (χ4v) is 2.61. The number of nitrogens with two attached hydrogens (primary N) is 1. The van der Waals surface area contributed by atoms with Crippen molar-refractivity contribution in [3.05, 3.63) is 68.9 Å². The summed E-state index contributed by atoms with van der Waals surface area (Å²) in [6.07, 6.45) is 0.503. The third-order valence-electron chi connectivity index (χ3n) is 3.28. The molecule has 2 aromatic rings. The molecule has 2 N–H and O–H groups in total. The van der Waals surface area contributed by atoms with Crippen LogP contribution in [0.15, 0.2) is 40.9 Å². The third kappa shape index (κ3) is 3.43. The van der Waals surface area contributed by atoms with Crippen LogP contribution in [0.3, 0.4) is 0 Å². The van der Waals surface area contributed by atoms with Crippen molar-refractivity contribution in [2.24, 2.45) is 5.73 Å². The Balaban J connectivity index is 2.23. The third-order valence-corrected chi connectivity index (χ3v) is 3.77. The van der Waals surface area contributed by atoms with Gasteiger partial charge in [-0.25, -0.2) is 4.39 Å². The van der Waals surface area contributed by atoms with E-state index < -0.39 is 0 Å². The van der Waals surface area contributed by atoms with Crippen LogP contribution >= 0.6 is 15.9 Å². The number of hydrogen-bond acceptors (Lipinski definition) is 1. The molecule has 1 atom stereocenters. The van der Waals surface area contributed by atoms with E-state index >= 15 is 0 Å². The van der Waals surface area contributed by atoms with E-state index in [1.807, 2.05) is 25.1 Å². The van der Waals surface area contributed by atoms with Crippen molar-refractivity contribution in [3.8, 4) is 0 Å². The highest BCUT2D eigenvalue weighted by molar-refractivity contribution is 9.10. The molecule has 0 saturated heterocycles. The van der Waals surface area contributed by atoms with Gasteiger partial charge in [-0.05, 0) is 49.1 Å². The van der Waals surface area contributed by atoms with Crippen LogP contribution in [0.4, 0.5) is 4.39 Å². The molecule has 1 nitrogen and oxygen atoms in total. The minimum Gasteiger partial charge on any atom is -0.324 e. The van der Waals surface area contributed by atoms with E-state index in [-0.39, 0.29) is 11.9 Å². The Hall–Kier alpha value is -1.19. The Morgan fingerprint density at radius 3 is 2.53 bits per heavy atom. The SMILES string of the molecule is Cc1ccc(C(N)Cc2ccc(Br)cc2F)c(C)c1. The second-order valence-electron chi connectivity index (χ2n) is 4.91. The monoisotopic (exact) mass is 321 g/mol. The zero-order chi connectivity index (χ0) is 14.0. The maximum absolute atomic E-state index is 13.8. The van der Waals surface area contributed by atoms with Crippen molar-refractivity contribution in [1.82, 2.24) is 0 Å². The average Bonchev–Trinajstić information content (AvgIpc) is 2.32. The molecule has 3 heteroatoms. The van der Waals surface area contributed by atoms with Crippen LogP contribution in [-0.2, 0) is 6.42 Å². The van der Waals surface area contributed by atoms with Gasteiger partial charge >= 0.3 is 0 Å². The molecular formula is C16H17BrFN. The van der Waals surface area contributed by atoms with E-state index in [9.17, 15) is 4.39 Å². The smallest absolute Gasteiger partial charge is 0.127 e. The predicted octanol–water partition coefficient (Wildman–Crippen LogP) is 4.45. The molecule has 0 aliphatic rings. The largest absolute Gasteiger partial charge is 0.324 e. The summed E-state index contributed by atoms with van der Waals surface area (Å²) in [4.78, 5) is 0. The zero-order valence-corrected chi connectivity index (χ0v) is 12.7. The van der Waals surface area contributed by atoms with Crippen molar-refractivity contribution in [2.45, 2.75) is 26.3 Å². The predicted molar refractivity (Wildman–Crippen MR) is 80.6 cm³/mol. The maximum atomic E-state index is 13.8. The lowest BCUT2D eigenvalue weighted by atomic mass is 9.95. The van der Waals surface area contributed by atoms with Gasteiger partial charge in [0.15, 0.2) is 0 Å². The fourth-order valence-electron chi connectivity index (χ4n) is 2.28. The molecule has 1 unspecified atom stereocenters. The summed E-state index contributed by atoms with van der Waals surface area (Å²) in [6.45, 7) is 4.09. The van der Waals surface area contributed by atoms with Gasteiger partial charge in [-0.2, -0.15) is 0 Å². The van der Waals surface area contributed by atoms with Gasteiger partial charge in [-0.3, -0.25) is 0 Å². The van der Waals surface area contributed by atoms with Crippen molar-refractivity contribution < 1.29 is 4.39 Å². The fraction of sp³-hybridized carbons (Fsp3) is 0.250. The number of halogens is 2. The molecule has 0 aliphatic heterocycles. The first-order valence-electron chi connectivity index (χ1n) is 6.24. The minimum atomic E-state index is -0.213. The lowest BCUT2D eigenvalue weighted by Crippen LogP contribution is -2.15. The molecule has 0 spiro atoms. The number of aryl methyl sites for hydroxylation is 2. The van der Waals surface area contributed by atoms with Crippen molar-refractivity contribution in [3.63, 3.8) is 0 Å². The molecule has 0 radical (unpaired) electrons. The topological polar surface area (TPSA) is 26.0 Å². The summed E-state index contributed by atoms with van der Waals surface area (Å²) >= 11 is 3.26. The van der Waals surface area contributed by atoms with Gasteiger partial charge in [0.2, 0.25) is 0 Å². The van der Waals surface area contributed by atoms with Gasteiger partial charge in [0, 0.05) is 10.5 Å². The molecule has 2 rings (SSSR count). The second kappa shape index (κ2) is 5.85. The van der Waals surface area contributed by atoms with Crippen LogP contribution in [0.5, 0.6) is 0 Å². The van der Waals surface area contributed by atoms with Crippen LogP contribution in [-0.4, -0.2) is 0 Å². The lowest BCUT2D eigenvalue weighted by Gasteiger charge is -2.16. The standard InChI is InChI=1S/C16H17BrFN/c1-10-3-6-14(11(2)7-10)16(19)8-12-4-5-13(17)9-15(12)18/h3-7,9,16H,8,19H2,1-2H3. The van der Waals surface area contributed by atoms with E-state index in [2.05, 4.69) is 28.9 Å². The van der Waals surface area contributed by atoms with Gasteiger partial charge in [0.1, 0.15) is 5.82 Å². The van der Waals surface area contributed by atoms with Crippen molar-refractivity contribution in [2.75, 3.05) is 0 Å². The average molecular weight is 322 g/mol. The Labute approximate surface area is 121 Å². The molecule has 0 bridgehead atoms. The molecular weight excluding hydrogens is 305 g/mol. The molecule has 0 amide bonds. The quantitative estimate of drug-likeness (QED) is 0.888. The van der Waals surface area contributed by atoms with E-state index in [1.54, 1.807) is 6.07 Å². The van der Waals surface area contributed by atoms with Gasteiger partial charge < -0.3 is 5.73 Å². The summed E-state index contributed by atoms with van der Waals surface area (Å²) in [5.74, 6) is -0.213. The molecule has 100 valence electrons. The van der Waals surface area contributed by atoms with Crippen LogP contribution in [0, 0.1) is 19.7 Å². The first-order valence-corrected chi connectivity index (χ1v) is 7.03. The van der Waals surface area contributed by atoms with E-state index in [0.717, 1.165) is 15.6 Å². The van der Waals surface area contributed by atoms with Crippen LogP contribution in [0.1, 0.15) is 28.3 Å². The summed E-state index contributed by atoms with van der Waals surface area (Å²) in [5, 5.41) is 0. The van der Waals surface area contributed by atoms with Gasteiger partial charge in [0.25, 0.3) is 0 Å². The highest BCUT2D eigenvalue weighted by atomic mass is 79.9. The highest BCUT2D eigenvalue weighted by Gasteiger charge is 2.12. The highest BCUT2D eigenvalue weighted by Crippen LogP contribution is 2.23. The molecule has 0 aliphatic carbocycles. The van der Waals surface area contributed by atoms with Crippen molar-refractivity contribution in [1.29, 1.82) is 0 Å². The normalized spacial score (nSPS) is 12.5. The van der Waals surface area contributed by atoms with Gasteiger partial charge in [-0.15, -0.1) is 0 Å². The molecule has 0 heterocycles. The lowest BCUT2D eigenvalue weighted by molar-refractivity contribution is 0.592. The molecule has 19 heavy (non-hydrogen) atoms. The number of benzene rings is 2. The maximum Gasteiger partial charge on any atom is 0.127 e. The molecule has 0 fully saturated rings. The summed E-state index contributed by atoms with van der Waals surface area (Å²) in [5.41, 5.74) is 10.3. The zero-order valence-electron chi connectivity index (χ0n) is 11.1. The summed E-state index contributed by atoms with van der Waals surface area (Å²) in [6, 6.07) is 11.1. The number of rotatable bonds is 3. The number of hydrogen-bond donors (Lipinski definition) is 1. The molecule has 0 aromatic heterocycles.